The highest BCUT2D eigenvalue weighted by Gasteiger charge is 2.25. The fourth-order valence-electron chi connectivity index (χ4n) is 1.96. The summed E-state index contributed by atoms with van der Waals surface area (Å²) < 4.78 is 5.94. The molecule has 4 nitrogen and oxygen atoms in total. The molecular weight excluding hydrogens is 293 g/mol. The van der Waals surface area contributed by atoms with Crippen molar-refractivity contribution in [3.8, 4) is 0 Å². The Balaban J connectivity index is 2.11. The Hall–Kier alpha value is -0.390. The normalized spacial score (nSPS) is 20.4. The molecule has 0 N–H and O–H groups in total. The number of aromatic nitrogens is 2. The monoisotopic (exact) mass is 305 g/mol. The molecule has 0 aliphatic carbocycles. The van der Waals surface area contributed by atoms with Crippen molar-refractivity contribution in [3.63, 3.8) is 0 Å². The first-order chi connectivity index (χ1) is 7.72. The summed E-state index contributed by atoms with van der Waals surface area (Å²) in [6, 6.07) is 0. The highest BCUT2D eigenvalue weighted by atomic mass is 79.9. The van der Waals surface area contributed by atoms with Gasteiger partial charge in [-0.3, -0.25) is 0 Å². The first-order valence-electron chi connectivity index (χ1n) is 5.12. The first kappa shape index (κ1) is 12.1. The highest BCUT2D eigenvalue weighted by molar-refractivity contribution is 9.10. The van der Waals surface area contributed by atoms with Crippen LogP contribution in [0, 0.1) is 5.92 Å². The van der Waals surface area contributed by atoms with Crippen LogP contribution in [0.1, 0.15) is 6.42 Å². The second-order valence-corrected chi connectivity index (χ2v) is 5.01. The largest absolute Gasteiger partial charge is 0.384 e. The molecule has 0 radical (unpaired) electrons. The standard InChI is InChI=1S/C10H13BrClN3O/c1-16-5-7-2-3-15(4-7)10-8(11)9(12)13-6-14-10/h6-7H,2-5H2,1H3. The van der Waals surface area contributed by atoms with Gasteiger partial charge in [-0.1, -0.05) is 11.6 Å². The van der Waals surface area contributed by atoms with Gasteiger partial charge in [-0.15, -0.1) is 0 Å². The lowest BCUT2D eigenvalue weighted by atomic mass is 10.1. The molecule has 1 unspecified atom stereocenters. The Labute approximate surface area is 108 Å². The average molecular weight is 307 g/mol. The van der Waals surface area contributed by atoms with Crippen LogP contribution in [0.4, 0.5) is 5.82 Å². The number of hydrogen-bond donors (Lipinski definition) is 0. The van der Waals surface area contributed by atoms with E-state index in [4.69, 9.17) is 16.3 Å². The molecule has 88 valence electrons. The Morgan fingerprint density at radius 3 is 3.19 bits per heavy atom. The second-order valence-electron chi connectivity index (χ2n) is 3.86. The molecule has 0 amide bonds. The maximum absolute atomic E-state index is 5.94. The topological polar surface area (TPSA) is 38.2 Å². The summed E-state index contributed by atoms with van der Waals surface area (Å²) in [5.41, 5.74) is 0. The summed E-state index contributed by atoms with van der Waals surface area (Å²) in [4.78, 5) is 10.4. The summed E-state index contributed by atoms with van der Waals surface area (Å²) in [5.74, 6) is 1.45. The zero-order valence-corrected chi connectivity index (χ0v) is 11.3. The molecule has 2 rings (SSSR count). The fraction of sp³-hybridized carbons (Fsp3) is 0.600. The van der Waals surface area contributed by atoms with Crippen molar-refractivity contribution in [1.29, 1.82) is 0 Å². The van der Waals surface area contributed by atoms with E-state index >= 15 is 0 Å². The van der Waals surface area contributed by atoms with Crippen LogP contribution in [0.15, 0.2) is 10.8 Å². The molecular formula is C10H13BrClN3O. The summed E-state index contributed by atoms with van der Waals surface area (Å²) in [7, 11) is 1.74. The summed E-state index contributed by atoms with van der Waals surface area (Å²) in [6.07, 6.45) is 2.62. The van der Waals surface area contributed by atoms with Gasteiger partial charge in [0.25, 0.3) is 0 Å². The Kier molecular flexibility index (Phi) is 4.00. The minimum absolute atomic E-state index is 0.459. The van der Waals surface area contributed by atoms with Gasteiger partial charge < -0.3 is 9.64 Å². The smallest absolute Gasteiger partial charge is 0.148 e. The molecule has 1 aliphatic rings. The van der Waals surface area contributed by atoms with Crippen LogP contribution in [0.3, 0.4) is 0 Å². The lowest BCUT2D eigenvalue weighted by Gasteiger charge is -2.18. The van der Waals surface area contributed by atoms with Gasteiger partial charge in [0.2, 0.25) is 0 Å². The summed E-state index contributed by atoms with van der Waals surface area (Å²) in [5, 5.41) is 0.459. The molecule has 0 saturated carbocycles. The lowest BCUT2D eigenvalue weighted by Crippen LogP contribution is -2.22. The lowest BCUT2D eigenvalue weighted by molar-refractivity contribution is 0.161. The minimum atomic E-state index is 0.459. The highest BCUT2D eigenvalue weighted by Crippen LogP contribution is 2.32. The van der Waals surface area contributed by atoms with Crippen LogP contribution in [-0.4, -0.2) is 36.8 Å². The van der Waals surface area contributed by atoms with Crippen LogP contribution in [-0.2, 0) is 4.74 Å². The van der Waals surface area contributed by atoms with Crippen molar-refractivity contribution in [2.45, 2.75) is 6.42 Å². The molecule has 1 saturated heterocycles. The van der Waals surface area contributed by atoms with E-state index in [-0.39, 0.29) is 0 Å². The van der Waals surface area contributed by atoms with Gasteiger partial charge in [-0.05, 0) is 22.4 Å². The van der Waals surface area contributed by atoms with Gasteiger partial charge in [0.1, 0.15) is 17.3 Å². The van der Waals surface area contributed by atoms with Gasteiger partial charge in [0, 0.05) is 26.1 Å². The number of nitrogens with zero attached hydrogens (tertiary/aromatic N) is 3. The Morgan fingerprint density at radius 2 is 2.44 bits per heavy atom. The number of hydrogen-bond acceptors (Lipinski definition) is 4. The van der Waals surface area contributed by atoms with Crippen LogP contribution in [0.25, 0.3) is 0 Å². The number of methoxy groups -OCH3 is 1. The predicted octanol–water partition coefficient (Wildman–Crippen LogP) is 2.37. The van der Waals surface area contributed by atoms with Crippen molar-refractivity contribution >= 4 is 33.3 Å². The predicted molar refractivity (Wildman–Crippen MR) is 66.9 cm³/mol. The molecule has 1 aromatic rings. The van der Waals surface area contributed by atoms with Gasteiger partial charge in [-0.25, -0.2) is 9.97 Å². The quantitative estimate of drug-likeness (QED) is 0.804. The molecule has 1 fully saturated rings. The van der Waals surface area contributed by atoms with Gasteiger partial charge >= 0.3 is 0 Å². The van der Waals surface area contributed by atoms with E-state index in [0.717, 1.165) is 36.4 Å². The molecule has 0 aromatic carbocycles. The van der Waals surface area contributed by atoms with Crippen LogP contribution >= 0.6 is 27.5 Å². The maximum atomic E-state index is 5.94. The van der Waals surface area contributed by atoms with E-state index in [2.05, 4.69) is 30.8 Å². The van der Waals surface area contributed by atoms with Crippen molar-refractivity contribution in [2.75, 3.05) is 31.7 Å². The van der Waals surface area contributed by atoms with E-state index in [9.17, 15) is 0 Å². The number of halogens is 2. The zero-order chi connectivity index (χ0) is 11.5. The SMILES string of the molecule is COCC1CCN(c2ncnc(Cl)c2Br)C1. The van der Waals surface area contributed by atoms with Crippen LogP contribution < -0.4 is 4.90 Å². The average Bonchev–Trinajstić information content (AvgIpc) is 2.71. The molecule has 1 aromatic heterocycles. The molecule has 0 bridgehead atoms. The minimum Gasteiger partial charge on any atom is -0.384 e. The third-order valence-corrected chi connectivity index (χ3v) is 3.96. The van der Waals surface area contributed by atoms with E-state index in [0.29, 0.717) is 11.1 Å². The molecule has 2 heterocycles. The van der Waals surface area contributed by atoms with Crippen molar-refractivity contribution < 1.29 is 4.74 Å². The van der Waals surface area contributed by atoms with Crippen LogP contribution in [0.2, 0.25) is 5.15 Å². The van der Waals surface area contributed by atoms with E-state index in [1.165, 1.54) is 6.33 Å². The zero-order valence-electron chi connectivity index (χ0n) is 8.99. The van der Waals surface area contributed by atoms with Gasteiger partial charge in [-0.2, -0.15) is 0 Å². The van der Waals surface area contributed by atoms with E-state index in [1.807, 2.05) is 0 Å². The number of anilines is 1. The third-order valence-electron chi connectivity index (χ3n) is 2.72. The molecule has 1 aliphatic heterocycles. The maximum Gasteiger partial charge on any atom is 0.148 e. The number of ether oxygens (including phenoxy) is 1. The second kappa shape index (κ2) is 5.29. The van der Waals surface area contributed by atoms with Gasteiger partial charge in [0.05, 0.1) is 11.1 Å². The summed E-state index contributed by atoms with van der Waals surface area (Å²) >= 11 is 9.36. The Morgan fingerprint density at radius 1 is 1.62 bits per heavy atom. The molecule has 0 spiro atoms. The number of rotatable bonds is 3. The van der Waals surface area contributed by atoms with Crippen molar-refractivity contribution in [1.82, 2.24) is 9.97 Å². The Bertz CT molecular complexity index is 377. The third kappa shape index (κ3) is 2.47. The molecule has 1 atom stereocenters. The van der Waals surface area contributed by atoms with E-state index in [1.54, 1.807) is 7.11 Å². The fourth-order valence-corrected chi connectivity index (χ4v) is 2.54. The first-order valence-corrected chi connectivity index (χ1v) is 6.29. The summed E-state index contributed by atoms with van der Waals surface area (Å²) in [6.45, 7) is 2.74. The molecule has 16 heavy (non-hydrogen) atoms. The van der Waals surface area contributed by atoms with Crippen molar-refractivity contribution in [3.05, 3.63) is 16.0 Å². The van der Waals surface area contributed by atoms with Crippen LogP contribution in [0.5, 0.6) is 0 Å². The molecule has 6 heteroatoms. The van der Waals surface area contributed by atoms with Gasteiger partial charge in [0.15, 0.2) is 0 Å². The van der Waals surface area contributed by atoms with Crippen molar-refractivity contribution in [2.24, 2.45) is 5.92 Å². The van der Waals surface area contributed by atoms with E-state index < -0.39 is 0 Å².